The van der Waals surface area contributed by atoms with Crippen molar-refractivity contribution in [3.8, 4) is 17.2 Å². The predicted molar refractivity (Wildman–Crippen MR) is 153 cm³/mol. The second-order valence-corrected chi connectivity index (χ2v) is 11.7. The molecule has 0 aromatic heterocycles. The first-order valence-electron chi connectivity index (χ1n) is 15.0. The van der Waals surface area contributed by atoms with Crippen LogP contribution in [-0.4, -0.2) is 117 Å². The number of carbonyl (C=O) groups is 1. The van der Waals surface area contributed by atoms with Gasteiger partial charge in [0.2, 0.25) is 18.4 Å². The zero-order valence-corrected chi connectivity index (χ0v) is 24.6. The van der Waals surface area contributed by atoms with E-state index in [1.54, 1.807) is 7.11 Å². The Morgan fingerprint density at radius 1 is 1.13 bits per heavy atom. The third-order valence-corrected chi connectivity index (χ3v) is 8.51. The molecular formula is C30H50N4O5. The van der Waals surface area contributed by atoms with E-state index in [-0.39, 0.29) is 30.9 Å². The van der Waals surface area contributed by atoms with Crippen LogP contribution in [0.3, 0.4) is 0 Å². The largest absolute Gasteiger partial charge is 0.493 e. The van der Waals surface area contributed by atoms with E-state index in [4.69, 9.17) is 14.2 Å². The molecule has 1 unspecified atom stereocenters. The van der Waals surface area contributed by atoms with Crippen molar-refractivity contribution < 1.29 is 24.1 Å². The second kappa shape index (κ2) is 14.5. The van der Waals surface area contributed by atoms with Gasteiger partial charge in [-0.05, 0) is 89.2 Å². The van der Waals surface area contributed by atoms with Crippen LogP contribution in [-0.2, 0) is 4.79 Å². The molecule has 3 aliphatic heterocycles. The smallest absolute Gasteiger partial charge is 0.236 e. The number of benzene rings is 1. The lowest BCUT2D eigenvalue weighted by atomic mass is 9.94. The van der Waals surface area contributed by atoms with Crippen molar-refractivity contribution in [3.05, 3.63) is 17.7 Å². The summed E-state index contributed by atoms with van der Waals surface area (Å²) in [4.78, 5) is 22.5. The van der Waals surface area contributed by atoms with E-state index in [2.05, 4.69) is 52.8 Å². The Morgan fingerprint density at radius 2 is 1.92 bits per heavy atom. The topological polar surface area (TPSA) is 78.0 Å². The summed E-state index contributed by atoms with van der Waals surface area (Å²) in [5.41, 5.74) is 1.17. The van der Waals surface area contributed by atoms with Gasteiger partial charge in [-0.2, -0.15) is 0 Å². The maximum absolute atomic E-state index is 13.7. The minimum Gasteiger partial charge on any atom is -0.493 e. The van der Waals surface area contributed by atoms with Crippen molar-refractivity contribution in [2.24, 2.45) is 0 Å². The van der Waals surface area contributed by atoms with Crippen molar-refractivity contribution in [1.82, 2.24) is 19.6 Å². The monoisotopic (exact) mass is 546 g/mol. The van der Waals surface area contributed by atoms with E-state index in [0.717, 1.165) is 96.4 Å². The van der Waals surface area contributed by atoms with Gasteiger partial charge in [-0.3, -0.25) is 14.6 Å². The highest BCUT2D eigenvalue weighted by Crippen LogP contribution is 2.45. The quantitative estimate of drug-likeness (QED) is 0.336. The van der Waals surface area contributed by atoms with Crippen molar-refractivity contribution >= 4 is 5.91 Å². The van der Waals surface area contributed by atoms with Crippen molar-refractivity contribution in [2.45, 2.75) is 76.5 Å². The number of fused-ring (bicyclic) bond motifs is 1. The molecule has 2 saturated heterocycles. The van der Waals surface area contributed by atoms with Gasteiger partial charge in [-0.1, -0.05) is 13.3 Å². The number of hydrogen-bond acceptors (Lipinski definition) is 8. The fourth-order valence-corrected chi connectivity index (χ4v) is 6.20. The molecule has 39 heavy (non-hydrogen) atoms. The molecule has 0 saturated carbocycles. The number of methoxy groups -OCH3 is 1. The zero-order chi connectivity index (χ0) is 27.8. The highest BCUT2D eigenvalue weighted by molar-refractivity contribution is 5.78. The minimum atomic E-state index is -0.331. The van der Waals surface area contributed by atoms with E-state index in [1.165, 1.54) is 5.56 Å². The lowest BCUT2D eigenvalue weighted by Gasteiger charge is -2.30. The van der Waals surface area contributed by atoms with E-state index < -0.39 is 0 Å². The number of aliphatic hydroxyl groups is 1. The molecule has 1 amide bonds. The standard InChI is InChI=1S/C30H50N4O5/c1-5-6-13-32(14-8-7-12-31(2)3)29(36)21-34-20-24(17-25(34)11-16-33-15-9-10-28(33)35)23-18-26(37-4)30-27(19-23)38-22-39-30/h18-19,24-25,28,35H,5-17,20-22H2,1-4H3/t24-,25+,28?/m1/s1. The number of hydrogen-bond donors (Lipinski definition) is 1. The molecule has 220 valence electrons. The number of aliphatic hydroxyl groups excluding tert-OH is 1. The molecule has 4 rings (SSSR count). The summed E-state index contributed by atoms with van der Waals surface area (Å²) in [5, 5.41) is 10.4. The fourth-order valence-electron chi connectivity index (χ4n) is 6.20. The summed E-state index contributed by atoms with van der Waals surface area (Å²) < 4.78 is 16.9. The van der Waals surface area contributed by atoms with Crippen LogP contribution in [0.5, 0.6) is 17.2 Å². The lowest BCUT2D eigenvalue weighted by Crippen LogP contribution is -2.44. The van der Waals surface area contributed by atoms with Crippen LogP contribution in [0.1, 0.15) is 69.8 Å². The lowest BCUT2D eigenvalue weighted by molar-refractivity contribution is -0.133. The van der Waals surface area contributed by atoms with Gasteiger partial charge in [0, 0.05) is 38.8 Å². The van der Waals surface area contributed by atoms with Gasteiger partial charge in [0.05, 0.1) is 13.7 Å². The maximum atomic E-state index is 13.7. The van der Waals surface area contributed by atoms with Crippen molar-refractivity contribution in [1.29, 1.82) is 0 Å². The Kier molecular flexibility index (Phi) is 11.1. The summed E-state index contributed by atoms with van der Waals surface area (Å²) in [6, 6.07) is 4.44. The third kappa shape index (κ3) is 7.99. The first-order valence-corrected chi connectivity index (χ1v) is 15.0. The Hall–Kier alpha value is -2.07. The first kappa shape index (κ1) is 29.9. The zero-order valence-electron chi connectivity index (χ0n) is 24.6. The summed E-state index contributed by atoms with van der Waals surface area (Å²) in [5.74, 6) is 2.63. The Balaban J connectivity index is 1.45. The average Bonchev–Trinajstić information content (AvgIpc) is 3.66. The van der Waals surface area contributed by atoms with Crippen LogP contribution in [0.25, 0.3) is 0 Å². The Bertz CT molecular complexity index is 929. The number of ether oxygens (including phenoxy) is 3. The van der Waals surface area contributed by atoms with Crippen LogP contribution in [0, 0.1) is 0 Å². The van der Waals surface area contributed by atoms with Gasteiger partial charge in [0.25, 0.3) is 0 Å². The van der Waals surface area contributed by atoms with Crippen molar-refractivity contribution in [3.63, 3.8) is 0 Å². The number of unbranched alkanes of at least 4 members (excludes halogenated alkanes) is 2. The number of nitrogens with zero attached hydrogens (tertiary/aromatic N) is 4. The number of carbonyl (C=O) groups excluding carboxylic acids is 1. The number of amides is 1. The van der Waals surface area contributed by atoms with Crippen LogP contribution in [0.15, 0.2) is 12.1 Å². The number of likely N-dealkylation sites (tertiary alicyclic amines) is 2. The van der Waals surface area contributed by atoms with E-state index in [0.29, 0.717) is 18.0 Å². The molecule has 3 aliphatic rings. The van der Waals surface area contributed by atoms with Gasteiger partial charge < -0.3 is 29.1 Å². The SMILES string of the molecule is CCCCN(CCCCN(C)C)C(=O)CN1C[C@H](c2cc(OC)c3c(c2)OCO3)C[C@@H]1CCN1CCCC1O. The fraction of sp³-hybridized carbons (Fsp3) is 0.767. The summed E-state index contributed by atoms with van der Waals surface area (Å²) >= 11 is 0. The van der Waals surface area contributed by atoms with Crippen LogP contribution in [0.4, 0.5) is 0 Å². The van der Waals surface area contributed by atoms with Gasteiger partial charge in [0.1, 0.15) is 6.23 Å². The molecule has 0 bridgehead atoms. The molecule has 1 aromatic carbocycles. The Labute approximate surface area is 235 Å². The Morgan fingerprint density at radius 3 is 2.64 bits per heavy atom. The summed E-state index contributed by atoms with van der Waals surface area (Å²) in [6.07, 6.45) is 7.74. The van der Waals surface area contributed by atoms with E-state index >= 15 is 0 Å². The van der Waals surface area contributed by atoms with Crippen LogP contribution in [0.2, 0.25) is 0 Å². The highest BCUT2D eigenvalue weighted by Gasteiger charge is 2.36. The van der Waals surface area contributed by atoms with Crippen molar-refractivity contribution in [2.75, 3.05) is 73.8 Å². The normalized spacial score (nSPS) is 23.2. The highest BCUT2D eigenvalue weighted by atomic mass is 16.7. The average molecular weight is 547 g/mol. The molecule has 1 aromatic rings. The molecule has 9 nitrogen and oxygen atoms in total. The molecule has 0 radical (unpaired) electrons. The summed E-state index contributed by atoms with van der Waals surface area (Å²) in [7, 11) is 5.86. The first-order chi connectivity index (χ1) is 18.9. The molecule has 2 fully saturated rings. The maximum Gasteiger partial charge on any atom is 0.236 e. The van der Waals surface area contributed by atoms with Crippen LogP contribution < -0.4 is 14.2 Å². The molecule has 0 aliphatic carbocycles. The molecule has 3 heterocycles. The third-order valence-electron chi connectivity index (χ3n) is 8.51. The van der Waals surface area contributed by atoms with Gasteiger partial charge in [0.15, 0.2) is 11.5 Å². The van der Waals surface area contributed by atoms with E-state index in [1.807, 2.05) is 0 Å². The molecular weight excluding hydrogens is 496 g/mol. The van der Waals surface area contributed by atoms with Gasteiger partial charge >= 0.3 is 0 Å². The predicted octanol–water partition coefficient (Wildman–Crippen LogP) is 3.36. The van der Waals surface area contributed by atoms with Gasteiger partial charge in [-0.25, -0.2) is 0 Å². The molecule has 0 spiro atoms. The van der Waals surface area contributed by atoms with Crippen LogP contribution >= 0.6 is 0 Å². The molecule has 9 heteroatoms. The van der Waals surface area contributed by atoms with Gasteiger partial charge in [-0.15, -0.1) is 0 Å². The van der Waals surface area contributed by atoms with E-state index in [9.17, 15) is 9.90 Å². The summed E-state index contributed by atoms with van der Waals surface area (Å²) in [6.45, 7) is 8.18. The molecule has 3 atom stereocenters. The second-order valence-electron chi connectivity index (χ2n) is 11.7. The minimum absolute atomic E-state index is 0.212. The molecule has 1 N–H and O–H groups in total. The number of rotatable bonds is 15.